The average molecular weight is 322 g/mol. The number of H-pyrrole nitrogens is 1. The van der Waals surface area contributed by atoms with Crippen molar-refractivity contribution in [2.45, 2.75) is 26.2 Å². The molecule has 4 rings (SSSR count). The van der Waals surface area contributed by atoms with Gasteiger partial charge in [0, 0.05) is 42.9 Å². The van der Waals surface area contributed by atoms with E-state index in [0.717, 1.165) is 41.3 Å². The lowest BCUT2D eigenvalue weighted by atomic mass is 10.0. The van der Waals surface area contributed by atoms with Crippen molar-refractivity contribution in [3.63, 3.8) is 0 Å². The average Bonchev–Trinajstić information content (AvgIpc) is 3.22. The van der Waals surface area contributed by atoms with E-state index < -0.39 is 0 Å². The van der Waals surface area contributed by atoms with Crippen LogP contribution in [0.3, 0.4) is 0 Å². The van der Waals surface area contributed by atoms with E-state index in [4.69, 9.17) is 5.73 Å². The largest absolute Gasteiger partial charge is 0.371 e. The minimum Gasteiger partial charge on any atom is -0.371 e. The zero-order chi connectivity index (χ0) is 16.5. The van der Waals surface area contributed by atoms with Gasteiger partial charge in [0.2, 0.25) is 5.95 Å². The van der Waals surface area contributed by atoms with Crippen molar-refractivity contribution >= 4 is 22.7 Å². The van der Waals surface area contributed by atoms with Crippen LogP contribution in [0.4, 0.5) is 11.6 Å². The molecule has 1 atom stereocenters. The second-order valence-corrected chi connectivity index (χ2v) is 6.45. The van der Waals surface area contributed by atoms with E-state index in [1.54, 1.807) is 6.20 Å². The Kier molecular flexibility index (Phi) is 3.80. The predicted octanol–water partition coefficient (Wildman–Crippen LogP) is 3.23. The number of anilines is 2. The molecule has 24 heavy (non-hydrogen) atoms. The first-order valence-electron chi connectivity index (χ1n) is 8.56. The molecule has 3 aromatic heterocycles. The van der Waals surface area contributed by atoms with Crippen LogP contribution in [0.5, 0.6) is 0 Å². The van der Waals surface area contributed by atoms with Crippen LogP contribution in [-0.2, 0) is 0 Å². The van der Waals surface area contributed by atoms with Gasteiger partial charge in [-0.25, -0.2) is 15.0 Å². The monoisotopic (exact) mass is 322 g/mol. The van der Waals surface area contributed by atoms with Crippen molar-refractivity contribution in [2.75, 3.05) is 23.7 Å². The highest BCUT2D eigenvalue weighted by molar-refractivity contribution is 6.02. The summed E-state index contributed by atoms with van der Waals surface area (Å²) in [6.07, 6.45) is 9.34. The first kappa shape index (κ1) is 14.9. The summed E-state index contributed by atoms with van der Waals surface area (Å²) in [5.41, 5.74) is 9.73. The van der Waals surface area contributed by atoms with Crippen LogP contribution in [0.2, 0.25) is 0 Å². The Morgan fingerprint density at radius 3 is 3.00 bits per heavy atom. The number of hydrogen-bond acceptors (Lipinski definition) is 5. The molecule has 4 heterocycles. The van der Waals surface area contributed by atoms with Crippen molar-refractivity contribution in [2.24, 2.45) is 5.92 Å². The summed E-state index contributed by atoms with van der Waals surface area (Å²) in [5.74, 6) is 1.08. The molecule has 3 aromatic rings. The maximum absolute atomic E-state index is 5.76. The highest BCUT2D eigenvalue weighted by atomic mass is 15.2. The Hall–Kier alpha value is -2.63. The molecule has 0 saturated carbocycles. The first-order valence-corrected chi connectivity index (χ1v) is 8.56. The van der Waals surface area contributed by atoms with E-state index in [9.17, 15) is 0 Å². The molecule has 0 spiro atoms. The number of nitrogens with zero attached hydrogens (tertiary/aromatic N) is 4. The van der Waals surface area contributed by atoms with Gasteiger partial charge in [-0.1, -0.05) is 13.3 Å². The molecule has 1 aliphatic heterocycles. The van der Waals surface area contributed by atoms with Crippen molar-refractivity contribution in [1.29, 1.82) is 0 Å². The smallest absolute Gasteiger partial charge is 0.220 e. The number of aromatic amines is 1. The zero-order valence-corrected chi connectivity index (χ0v) is 13.9. The molecule has 0 unspecified atom stereocenters. The number of nitrogens with two attached hydrogens (primary N) is 1. The number of rotatable bonds is 4. The summed E-state index contributed by atoms with van der Waals surface area (Å²) < 4.78 is 0. The quantitative estimate of drug-likeness (QED) is 0.770. The number of nitrogens with one attached hydrogen (secondary N) is 1. The molecular formula is C18H22N6. The summed E-state index contributed by atoms with van der Waals surface area (Å²) in [5, 5.41) is 1.12. The fourth-order valence-corrected chi connectivity index (χ4v) is 3.72. The molecular weight excluding hydrogens is 300 g/mol. The number of fused-ring (bicyclic) bond motifs is 1. The Morgan fingerprint density at radius 1 is 1.29 bits per heavy atom. The van der Waals surface area contributed by atoms with Gasteiger partial charge in [0.1, 0.15) is 5.65 Å². The van der Waals surface area contributed by atoms with E-state index >= 15 is 0 Å². The fourth-order valence-electron chi connectivity index (χ4n) is 3.72. The van der Waals surface area contributed by atoms with Crippen molar-refractivity contribution in [1.82, 2.24) is 19.9 Å². The molecule has 1 saturated heterocycles. The van der Waals surface area contributed by atoms with E-state index in [0.29, 0.717) is 0 Å². The maximum atomic E-state index is 5.76. The number of nitrogen functional groups attached to an aromatic ring is 1. The summed E-state index contributed by atoms with van der Waals surface area (Å²) in [6.45, 7) is 4.47. The second-order valence-electron chi connectivity index (χ2n) is 6.45. The lowest BCUT2D eigenvalue weighted by Gasteiger charge is -2.20. The fraction of sp³-hybridized carbons (Fsp3) is 0.389. The second kappa shape index (κ2) is 6.11. The third-order valence-corrected chi connectivity index (χ3v) is 4.83. The van der Waals surface area contributed by atoms with Crippen LogP contribution in [0, 0.1) is 5.92 Å². The third kappa shape index (κ3) is 2.58. The van der Waals surface area contributed by atoms with E-state index in [1.165, 1.54) is 24.9 Å². The standard InChI is InChI=1S/C18H22N6/c1-2-3-12-6-9-24(11-12)15-5-8-20-17-16(15)13(10-22-17)14-4-7-21-18(19)23-14/h4-5,7-8,10,12H,2-3,6,9,11H2,1H3,(H,20,22)(H2,19,21,23)/t12-/m0/s1. The van der Waals surface area contributed by atoms with Crippen LogP contribution in [-0.4, -0.2) is 33.0 Å². The predicted molar refractivity (Wildman–Crippen MR) is 96.8 cm³/mol. The minimum atomic E-state index is 0.288. The lowest BCUT2D eigenvalue weighted by Crippen LogP contribution is -2.20. The van der Waals surface area contributed by atoms with Gasteiger partial charge in [0.05, 0.1) is 11.1 Å². The van der Waals surface area contributed by atoms with Crippen molar-refractivity contribution in [3.05, 3.63) is 30.7 Å². The molecule has 0 amide bonds. The van der Waals surface area contributed by atoms with Crippen LogP contribution < -0.4 is 10.6 Å². The van der Waals surface area contributed by atoms with Crippen molar-refractivity contribution < 1.29 is 0 Å². The zero-order valence-electron chi connectivity index (χ0n) is 13.9. The number of pyridine rings is 1. The highest BCUT2D eigenvalue weighted by Crippen LogP contribution is 2.36. The Balaban J connectivity index is 1.78. The van der Waals surface area contributed by atoms with Crippen LogP contribution >= 0.6 is 0 Å². The molecule has 0 aliphatic carbocycles. The van der Waals surface area contributed by atoms with Crippen LogP contribution in [0.25, 0.3) is 22.3 Å². The molecule has 0 radical (unpaired) electrons. The van der Waals surface area contributed by atoms with E-state index in [-0.39, 0.29) is 5.95 Å². The molecule has 6 nitrogen and oxygen atoms in total. The highest BCUT2D eigenvalue weighted by Gasteiger charge is 2.25. The maximum Gasteiger partial charge on any atom is 0.220 e. The van der Waals surface area contributed by atoms with Gasteiger partial charge in [0.15, 0.2) is 0 Å². The van der Waals surface area contributed by atoms with Gasteiger partial charge >= 0.3 is 0 Å². The van der Waals surface area contributed by atoms with Crippen LogP contribution in [0.1, 0.15) is 26.2 Å². The number of hydrogen-bond donors (Lipinski definition) is 2. The topological polar surface area (TPSA) is 83.7 Å². The van der Waals surface area contributed by atoms with E-state index in [1.807, 2.05) is 18.5 Å². The minimum absolute atomic E-state index is 0.288. The van der Waals surface area contributed by atoms with Gasteiger partial charge < -0.3 is 15.6 Å². The Bertz CT molecular complexity index is 856. The summed E-state index contributed by atoms with van der Waals surface area (Å²) in [7, 11) is 0. The normalized spacial score (nSPS) is 17.7. The van der Waals surface area contributed by atoms with Crippen molar-refractivity contribution in [3.8, 4) is 11.3 Å². The van der Waals surface area contributed by atoms with Gasteiger partial charge in [0.25, 0.3) is 0 Å². The molecule has 3 N–H and O–H groups in total. The van der Waals surface area contributed by atoms with Gasteiger partial charge in [-0.3, -0.25) is 0 Å². The molecule has 124 valence electrons. The van der Waals surface area contributed by atoms with Gasteiger partial charge in [-0.15, -0.1) is 0 Å². The molecule has 1 fully saturated rings. The lowest BCUT2D eigenvalue weighted by molar-refractivity contribution is 0.530. The van der Waals surface area contributed by atoms with Crippen LogP contribution in [0.15, 0.2) is 30.7 Å². The Labute approximate surface area is 141 Å². The van der Waals surface area contributed by atoms with Gasteiger partial charge in [-0.05, 0) is 30.9 Å². The molecule has 6 heteroatoms. The third-order valence-electron chi connectivity index (χ3n) is 4.83. The van der Waals surface area contributed by atoms with Gasteiger partial charge in [-0.2, -0.15) is 0 Å². The molecule has 1 aliphatic rings. The summed E-state index contributed by atoms with van der Waals surface area (Å²) in [6, 6.07) is 4.00. The first-order chi connectivity index (χ1) is 11.8. The molecule has 0 aromatic carbocycles. The van der Waals surface area contributed by atoms with E-state index in [2.05, 4.69) is 37.8 Å². The number of aromatic nitrogens is 4. The SMILES string of the molecule is CCC[C@H]1CCN(c2ccnc3[nH]cc(-c4ccnc(N)n4)c23)C1. The molecule has 0 bridgehead atoms. The summed E-state index contributed by atoms with van der Waals surface area (Å²) in [4.78, 5) is 18.6. The summed E-state index contributed by atoms with van der Waals surface area (Å²) >= 11 is 0. The Morgan fingerprint density at radius 2 is 2.17 bits per heavy atom.